The van der Waals surface area contributed by atoms with E-state index in [9.17, 15) is 4.79 Å². The van der Waals surface area contributed by atoms with Crippen LogP contribution in [0.25, 0.3) is 0 Å². The second-order valence-electron chi connectivity index (χ2n) is 7.16. The minimum Gasteiger partial charge on any atom is -0.481 e. The average Bonchev–Trinajstić information content (AvgIpc) is 2.73. The zero-order valence-corrected chi connectivity index (χ0v) is 15.3. The molecule has 0 aromatic heterocycles. The number of carbonyl (C=O) groups is 1. The Hall–Kier alpha value is -3.07. The van der Waals surface area contributed by atoms with E-state index < -0.39 is 11.5 Å². The van der Waals surface area contributed by atoms with Crippen molar-refractivity contribution in [1.29, 1.82) is 0 Å². The number of benzene rings is 3. The van der Waals surface area contributed by atoms with Gasteiger partial charge in [0.15, 0.2) is 5.60 Å². The summed E-state index contributed by atoms with van der Waals surface area (Å²) in [5.41, 5.74) is 8.19. The van der Waals surface area contributed by atoms with E-state index in [-0.39, 0.29) is 11.8 Å². The van der Waals surface area contributed by atoms with E-state index in [0.29, 0.717) is 6.42 Å². The normalized spacial score (nSPS) is 22.3. The number of para-hydroxylation sites is 1. The number of primary amides is 1. The number of nitrogens with two attached hydrogens (primary N) is 1. The molecule has 0 aliphatic carbocycles. The van der Waals surface area contributed by atoms with Gasteiger partial charge in [-0.05, 0) is 29.2 Å². The van der Waals surface area contributed by atoms with Crippen molar-refractivity contribution >= 4 is 5.91 Å². The van der Waals surface area contributed by atoms with E-state index in [1.54, 1.807) is 0 Å². The minimum atomic E-state index is -0.858. The van der Waals surface area contributed by atoms with Gasteiger partial charge in [0.2, 0.25) is 5.91 Å². The third-order valence-electron chi connectivity index (χ3n) is 5.70. The summed E-state index contributed by atoms with van der Waals surface area (Å²) in [6.45, 7) is 2.12. The molecule has 0 saturated carbocycles. The molecule has 3 heteroatoms. The quantitative estimate of drug-likeness (QED) is 0.751. The second kappa shape index (κ2) is 6.92. The Morgan fingerprint density at radius 1 is 0.963 bits per heavy atom. The van der Waals surface area contributed by atoms with Crippen LogP contribution in [0.5, 0.6) is 5.75 Å². The van der Waals surface area contributed by atoms with Gasteiger partial charge in [-0.3, -0.25) is 4.79 Å². The molecule has 0 bridgehead atoms. The molecule has 27 heavy (non-hydrogen) atoms. The van der Waals surface area contributed by atoms with Gasteiger partial charge in [-0.1, -0.05) is 85.8 Å². The Kier molecular flexibility index (Phi) is 4.44. The monoisotopic (exact) mass is 357 g/mol. The molecule has 0 radical (unpaired) electrons. The first-order valence-electron chi connectivity index (χ1n) is 9.29. The topological polar surface area (TPSA) is 52.3 Å². The van der Waals surface area contributed by atoms with Gasteiger partial charge < -0.3 is 10.5 Å². The fourth-order valence-electron chi connectivity index (χ4n) is 4.30. The molecule has 1 heterocycles. The van der Waals surface area contributed by atoms with Gasteiger partial charge in [0.05, 0.1) is 5.92 Å². The molecule has 0 fully saturated rings. The van der Waals surface area contributed by atoms with Gasteiger partial charge >= 0.3 is 0 Å². The number of carbonyl (C=O) groups excluding carboxylic acids is 1. The molecule has 3 aromatic carbocycles. The van der Waals surface area contributed by atoms with Crippen molar-refractivity contribution in [2.24, 2.45) is 11.7 Å². The summed E-state index contributed by atoms with van der Waals surface area (Å²) in [6.07, 6.45) is 0.567. The fraction of sp³-hybridized carbons (Fsp3) is 0.208. The third-order valence-corrected chi connectivity index (χ3v) is 5.70. The highest BCUT2D eigenvalue weighted by atomic mass is 16.5. The lowest BCUT2D eigenvalue weighted by Gasteiger charge is -2.47. The maximum absolute atomic E-state index is 12.6. The number of ether oxygens (including phenoxy) is 1. The molecule has 0 saturated heterocycles. The molecule has 4 rings (SSSR count). The van der Waals surface area contributed by atoms with Crippen LogP contribution < -0.4 is 10.5 Å². The van der Waals surface area contributed by atoms with Gasteiger partial charge in [-0.2, -0.15) is 0 Å². The number of hydrogen-bond acceptors (Lipinski definition) is 2. The van der Waals surface area contributed by atoms with Crippen molar-refractivity contribution in [2.45, 2.75) is 24.9 Å². The van der Waals surface area contributed by atoms with Crippen molar-refractivity contribution in [2.75, 3.05) is 0 Å². The zero-order valence-electron chi connectivity index (χ0n) is 15.3. The van der Waals surface area contributed by atoms with E-state index in [2.05, 4.69) is 19.1 Å². The predicted molar refractivity (Wildman–Crippen MR) is 106 cm³/mol. The summed E-state index contributed by atoms with van der Waals surface area (Å²) in [6, 6.07) is 28.1. The minimum absolute atomic E-state index is 0.0630. The molecular formula is C24H23NO2. The van der Waals surface area contributed by atoms with Crippen molar-refractivity contribution in [3.05, 3.63) is 102 Å². The summed E-state index contributed by atoms with van der Waals surface area (Å²) >= 11 is 0. The maximum atomic E-state index is 12.6. The van der Waals surface area contributed by atoms with Crippen LogP contribution in [-0.2, 0) is 16.8 Å². The number of fused-ring (bicyclic) bond motifs is 1. The average molecular weight is 357 g/mol. The lowest BCUT2D eigenvalue weighted by atomic mass is 9.66. The summed E-state index contributed by atoms with van der Waals surface area (Å²) in [5.74, 6) is -0.0465. The Labute approximate surface area is 159 Å². The van der Waals surface area contributed by atoms with E-state index >= 15 is 0 Å². The maximum Gasteiger partial charge on any atom is 0.225 e. The van der Waals surface area contributed by atoms with Crippen molar-refractivity contribution in [3.8, 4) is 5.75 Å². The number of hydrogen-bond donors (Lipinski definition) is 1. The first kappa shape index (κ1) is 17.3. The molecule has 1 aliphatic rings. The Bertz CT molecular complexity index is 939. The third kappa shape index (κ3) is 2.89. The molecule has 3 atom stereocenters. The molecule has 0 spiro atoms. The van der Waals surface area contributed by atoms with Gasteiger partial charge in [0, 0.05) is 5.92 Å². The molecule has 2 N–H and O–H groups in total. The van der Waals surface area contributed by atoms with Gasteiger partial charge in [-0.25, -0.2) is 0 Å². The van der Waals surface area contributed by atoms with E-state index in [0.717, 1.165) is 22.4 Å². The summed E-state index contributed by atoms with van der Waals surface area (Å²) in [7, 11) is 0. The Morgan fingerprint density at radius 3 is 2.22 bits per heavy atom. The largest absolute Gasteiger partial charge is 0.481 e. The van der Waals surface area contributed by atoms with E-state index in [1.807, 2.05) is 72.8 Å². The summed E-state index contributed by atoms with van der Waals surface area (Å²) in [4.78, 5) is 12.6. The smallest absolute Gasteiger partial charge is 0.225 e. The van der Waals surface area contributed by atoms with Crippen LogP contribution in [0.2, 0.25) is 0 Å². The predicted octanol–water partition coefficient (Wildman–Crippen LogP) is 4.42. The van der Waals surface area contributed by atoms with Crippen LogP contribution in [0, 0.1) is 5.92 Å². The SMILES string of the molecule is CC(c1ccccc1)C1(c2ccccc2)Oc2ccccc2CC1C(N)=O. The highest BCUT2D eigenvalue weighted by Crippen LogP contribution is 2.51. The fourth-order valence-corrected chi connectivity index (χ4v) is 4.30. The van der Waals surface area contributed by atoms with Crippen molar-refractivity contribution in [3.63, 3.8) is 0 Å². The first-order valence-corrected chi connectivity index (χ1v) is 9.29. The Morgan fingerprint density at radius 2 is 1.56 bits per heavy atom. The van der Waals surface area contributed by atoms with Crippen molar-refractivity contribution < 1.29 is 9.53 Å². The first-order chi connectivity index (χ1) is 13.1. The molecule has 1 aliphatic heterocycles. The van der Waals surface area contributed by atoms with Gasteiger partial charge in [0.25, 0.3) is 0 Å². The van der Waals surface area contributed by atoms with E-state index in [1.165, 1.54) is 0 Å². The molecule has 1 amide bonds. The van der Waals surface area contributed by atoms with Crippen LogP contribution in [0.15, 0.2) is 84.9 Å². The van der Waals surface area contributed by atoms with Crippen molar-refractivity contribution in [1.82, 2.24) is 0 Å². The lowest BCUT2D eigenvalue weighted by Crippen LogP contribution is -2.53. The van der Waals surface area contributed by atoms with Crippen LogP contribution in [0.1, 0.15) is 29.5 Å². The zero-order chi connectivity index (χ0) is 18.9. The lowest BCUT2D eigenvalue weighted by molar-refractivity contribution is -0.133. The summed E-state index contributed by atoms with van der Waals surface area (Å²) < 4.78 is 6.69. The van der Waals surface area contributed by atoms with Gasteiger partial charge in [-0.15, -0.1) is 0 Å². The highest BCUT2D eigenvalue weighted by Gasteiger charge is 2.53. The van der Waals surface area contributed by atoms with Gasteiger partial charge in [0.1, 0.15) is 5.75 Å². The molecule has 136 valence electrons. The molecule has 3 unspecified atom stereocenters. The second-order valence-corrected chi connectivity index (χ2v) is 7.16. The summed E-state index contributed by atoms with van der Waals surface area (Å²) in [5, 5.41) is 0. The van der Waals surface area contributed by atoms with Crippen LogP contribution >= 0.6 is 0 Å². The van der Waals surface area contributed by atoms with Crippen LogP contribution in [0.4, 0.5) is 0 Å². The van der Waals surface area contributed by atoms with E-state index in [4.69, 9.17) is 10.5 Å². The number of amides is 1. The molecule has 3 nitrogen and oxygen atoms in total. The van der Waals surface area contributed by atoms with Crippen LogP contribution in [0.3, 0.4) is 0 Å². The standard InChI is InChI=1S/C24H23NO2/c1-17(18-10-4-2-5-11-18)24(20-13-6-3-7-14-20)21(23(25)26)16-19-12-8-9-15-22(19)27-24/h2-15,17,21H,16H2,1H3,(H2,25,26). The molecular weight excluding hydrogens is 334 g/mol. The Balaban J connectivity index is 1.95. The number of rotatable bonds is 4. The molecule has 3 aromatic rings. The highest BCUT2D eigenvalue weighted by molar-refractivity contribution is 5.80. The van der Waals surface area contributed by atoms with Crippen LogP contribution in [-0.4, -0.2) is 5.91 Å².